The Hall–Kier alpha value is -1.10. The van der Waals surface area contributed by atoms with Gasteiger partial charge in [-0.2, -0.15) is 5.48 Å². The molecule has 112 valence electrons. The maximum atomic E-state index is 10.5. The van der Waals surface area contributed by atoms with Crippen molar-refractivity contribution in [2.45, 2.75) is 71.1 Å². The van der Waals surface area contributed by atoms with Crippen molar-refractivity contribution in [1.82, 2.24) is 5.48 Å². The normalized spacial score (nSPS) is 10.4. The van der Waals surface area contributed by atoms with Crippen molar-refractivity contribution in [3.05, 3.63) is 0 Å². The lowest BCUT2D eigenvalue weighted by atomic mass is 10.1. The number of hydrogen-bond donors (Lipinski definition) is 2. The molecule has 0 saturated carbocycles. The van der Waals surface area contributed by atoms with E-state index in [1.165, 1.54) is 51.4 Å². The van der Waals surface area contributed by atoms with Gasteiger partial charge >= 0.3 is 11.9 Å². The summed E-state index contributed by atoms with van der Waals surface area (Å²) in [6, 6.07) is 0. The van der Waals surface area contributed by atoms with Gasteiger partial charge in [0.25, 0.3) is 0 Å². The minimum absolute atomic E-state index is 0.509. The van der Waals surface area contributed by atoms with Gasteiger partial charge in [0.05, 0.1) is 0 Å². The van der Waals surface area contributed by atoms with Crippen LogP contribution in [0.5, 0.6) is 0 Å². The molecule has 0 fully saturated rings. The lowest BCUT2D eigenvalue weighted by molar-refractivity contribution is -0.168. The smallest absolute Gasteiger partial charge is 0.435 e. The monoisotopic (exact) mass is 273 g/mol. The van der Waals surface area contributed by atoms with Crippen LogP contribution in [0.3, 0.4) is 0 Å². The van der Waals surface area contributed by atoms with Gasteiger partial charge < -0.3 is 9.94 Å². The van der Waals surface area contributed by atoms with Crippen LogP contribution in [0.4, 0.5) is 0 Å². The second-order valence-corrected chi connectivity index (χ2v) is 4.77. The maximum absolute atomic E-state index is 10.5. The van der Waals surface area contributed by atoms with Crippen LogP contribution < -0.4 is 5.48 Å². The number of unbranched alkanes of at least 4 members (excludes halogenated alkanes) is 9. The molecule has 0 atom stereocenters. The predicted octanol–water partition coefficient (Wildman–Crippen LogP) is 3.04. The van der Waals surface area contributed by atoms with Gasteiger partial charge in [-0.05, 0) is 6.42 Å². The Kier molecular flexibility index (Phi) is 12.6. The molecule has 0 aliphatic heterocycles. The summed E-state index contributed by atoms with van der Waals surface area (Å²) in [7, 11) is 0. The van der Waals surface area contributed by atoms with Crippen LogP contribution in [0.15, 0.2) is 0 Å². The topological polar surface area (TPSA) is 75.6 Å². The highest BCUT2D eigenvalue weighted by Crippen LogP contribution is 2.10. The minimum atomic E-state index is -1.57. The number of nitrogens with one attached hydrogen (secondary N) is 1. The Morgan fingerprint density at radius 1 is 0.895 bits per heavy atom. The van der Waals surface area contributed by atoms with E-state index in [0.717, 1.165) is 12.8 Å². The molecule has 0 spiro atoms. The van der Waals surface area contributed by atoms with E-state index in [-0.39, 0.29) is 0 Å². The number of carboxylic acids is 1. The van der Waals surface area contributed by atoms with Crippen LogP contribution in [0.2, 0.25) is 0 Å². The van der Waals surface area contributed by atoms with E-state index in [0.29, 0.717) is 6.54 Å². The molecule has 0 rings (SSSR count). The minimum Gasteiger partial charge on any atom is -0.473 e. The SMILES string of the molecule is CCCCCCCCCCCCNOC(=O)C(=O)O. The molecule has 19 heavy (non-hydrogen) atoms. The molecule has 0 unspecified atom stereocenters. The maximum Gasteiger partial charge on any atom is 0.435 e. The largest absolute Gasteiger partial charge is 0.473 e. The zero-order valence-corrected chi connectivity index (χ0v) is 12.0. The third kappa shape index (κ3) is 13.1. The first-order valence-corrected chi connectivity index (χ1v) is 7.35. The Balaban J connectivity index is 3.07. The molecule has 0 bridgehead atoms. The highest BCUT2D eigenvalue weighted by atomic mass is 16.7. The Morgan fingerprint density at radius 2 is 1.37 bits per heavy atom. The van der Waals surface area contributed by atoms with E-state index < -0.39 is 11.9 Å². The third-order valence-corrected chi connectivity index (χ3v) is 2.97. The van der Waals surface area contributed by atoms with Gasteiger partial charge in [-0.1, -0.05) is 64.7 Å². The molecule has 0 aromatic carbocycles. The molecular weight excluding hydrogens is 246 g/mol. The second kappa shape index (κ2) is 13.3. The van der Waals surface area contributed by atoms with Gasteiger partial charge in [-0.25, -0.2) is 9.59 Å². The van der Waals surface area contributed by atoms with Gasteiger partial charge in [-0.3, -0.25) is 0 Å². The standard InChI is InChI=1S/C14H27NO4/c1-2-3-4-5-6-7-8-9-10-11-12-15-19-14(18)13(16)17/h15H,2-12H2,1H3,(H,16,17). The first-order chi connectivity index (χ1) is 9.18. The van der Waals surface area contributed by atoms with Crippen LogP contribution in [0.1, 0.15) is 71.1 Å². The number of hydrogen-bond acceptors (Lipinski definition) is 4. The summed E-state index contributed by atoms with van der Waals surface area (Å²) < 4.78 is 0. The third-order valence-electron chi connectivity index (χ3n) is 2.97. The van der Waals surface area contributed by atoms with Crippen LogP contribution in [-0.2, 0) is 14.4 Å². The lowest BCUT2D eigenvalue weighted by Gasteiger charge is -2.04. The van der Waals surface area contributed by atoms with Crippen molar-refractivity contribution >= 4 is 11.9 Å². The molecule has 0 heterocycles. The van der Waals surface area contributed by atoms with Crippen LogP contribution >= 0.6 is 0 Å². The second-order valence-electron chi connectivity index (χ2n) is 4.77. The Labute approximate surface area is 115 Å². The summed E-state index contributed by atoms with van der Waals surface area (Å²) in [5.74, 6) is -2.83. The number of hydroxylamine groups is 1. The quantitative estimate of drug-likeness (QED) is 0.325. The summed E-state index contributed by atoms with van der Waals surface area (Å²) in [6.07, 6.45) is 12.4. The van der Waals surface area contributed by atoms with E-state index in [9.17, 15) is 9.59 Å². The van der Waals surface area contributed by atoms with E-state index in [1.54, 1.807) is 0 Å². The first-order valence-electron chi connectivity index (χ1n) is 7.35. The number of rotatable bonds is 12. The summed E-state index contributed by atoms with van der Waals surface area (Å²) in [4.78, 5) is 25.0. The average molecular weight is 273 g/mol. The lowest BCUT2D eigenvalue weighted by Crippen LogP contribution is -2.26. The Bertz CT molecular complexity index is 244. The van der Waals surface area contributed by atoms with E-state index in [4.69, 9.17) is 5.11 Å². The number of carboxylic acid groups (broad SMARTS) is 1. The molecule has 0 saturated heterocycles. The summed E-state index contributed by atoms with van der Waals surface area (Å²) in [5.41, 5.74) is 2.36. The molecule has 0 radical (unpaired) electrons. The van der Waals surface area contributed by atoms with Crippen LogP contribution in [0.25, 0.3) is 0 Å². The fourth-order valence-electron chi connectivity index (χ4n) is 1.84. The van der Waals surface area contributed by atoms with E-state index >= 15 is 0 Å². The molecule has 0 amide bonds. The summed E-state index contributed by atoms with van der Waals surface area (Å²) in [5, 5.41) is 8.24. The van der Waals surface area contributed by atoms with Gasteiger partial charge in [-0.15, -0.1) is 0 Å². The summed E-state index contributed by atoms with van der Waals surface area (Å²) >= 11 is 0. The zero-order chi connectivity index (χ0) is 14.3. The first kappa shape index (κ1) is 17.9. The fraction of sp³-hybridized carbons (Fsp3) is 0.857. The van der Waals surface area contributed by atoms with Gasteiger partial charge in [0.15, 0.2) is 0 Å². The summed E-state index contributed by atoms with van der Waals surface area (Å²) in [6.45, 7) is 2.73. The van der Waals surface area contributed by atoms with Crippen molar-refractivity contribution in [2.24, 2.45) is 0 Å². The molecule has 5 heteroatoms. The number of aliphatic carboxylic acids is 1. The highest BCUT2D eigenvalue weighted by Gasteiger charge is 2.12. The number of carbonyl (C=O) groups is 2. The van der Waals surface area contributed by atoms with Gasteiger partial charge in [0, 0.05) is 6.54 Å². The van der Waals surface area contributed by atoms with Gasteiger partial charge in [0.1, 0.15) is 0 Å². The van der Waals surface area contributed by atoms with Crippen LogP contribution in [0, 0.1) is 0 Å². The molecule has 0 aliphatic rings. The highest BCUT2D eigenvalue weighted by molar-refractivity contribution is 6.28. The van der Waals surface area contributed by atoms with Crippen molar-refractivity contribution < 1.29 is 19.5 Å². The van der Waals surface area contributed by atoms with Crippen molar-refractivity contribution in [3.63, 3.8) is 0 Å². The predicted molar refractivity (Wildman–Crippen MR) is 73.6 cm³/mol. The molecule has 5 nitrogen and oxygen atoms in total. The molecular formula is C14H27NO4. The number of carbonyl (C=O) groups excluding carboxylic acids is 1. The molecule has 2 N–H and O–H groups in total. The van der Waals surface area contributed by atoms with Gasteiger partial charge in [0.2, 0.25) is 0 Å². The van der Waals surface area contributed by atoms with Crippen LogP contribution in [-0.4, -0.2) is 23.6 Å². The average Bonchev–Trinajstić information content (AvgIpc) is 2.39. The van der Waals surface area contributed by atoms with Crippen molar-refractivity contribution in [3.8, 4) is 0 Å². The van der Waals surface area contributed by atoms with E-state index in [2.05, 4.69) is 17.2 Å². The molecule has 0 aromatic rings. The molecule has 0 aromatic heterocycles. The zero-order valence-electron chi connectivity index (χ0n) is 12.0. The van der Waals surface area contributed by atoms with Crippen molar-refractivity contribution in [2.75, 3.05) is 6.54 Å². The van der Waals surface area contributed by atoms with Crippen molar-refractivity contribution in [1.29, 1.82) is 0 Å². The Morgan fingerprint density at radius 3 is 1.84 bits per heavy atom. The fourth-order valence-corrected chi connectivity index (χ4v) is 1.84. The van der Waals surface area contributed by atoms with E-state index in [1.807, 2.05) is 0 Å². The molecule has 0 aliphatic carbocycles.